The van der Waals surface area contributed by atoms with Gasteiger partial charge >= 0.3 is 0 Å². The topological polar surface area (TPSA) is 58.5 Å². The zero-order valence-corrected chi connectivity index (χ0v) is 12.2. The fourth-order valence-electron chi connectivity index (χ4n) is 1.59. The van der Waals surface area contributed by atoms with Crippen LogP contribution in [0.4, 0.5) is 0 Å². The average Bonchev–Trinajstić information content (AvgIpc) is 2.41. The smallest absolute Gasteiger partial charge is 0.200 e. The molecule has 0 saturated heterocycles. The summed E-state index contributed by atoms with van der Waals surface area (Å²) in [4.78, 5) is 2.40. The fourth-order valence-corrected chi connectivity index (χ4v) is 2.38. The molecular weight excluding hydrogens is 272 g/mol. The van der Waals surface area contributed by atoms with Gasteiger partial charge in [-0.2, -0.15) is 13.5 Å². The Bertz CT molecular complexity index is 703. The van der Waals surface area contributed by atoms with E-state index < -0.39 is 10.0 Å². The van der Waals surface area contributed by atoms with Crippen LogP contribution in [0.1, 0.15) is 16.7 Å². The van der Waals surface area contributed by atoms with Crippen molar-refractivity contribution in [3.8, 4) is 0 Å². The number of rotatable bonds is 4. The van der Waals surface area contributed by atoms with Crippen LogP contribution >= 0.6 is 0 Å². The SMILES string of the molecule is Cc1ccc(/C=N\NS(=O)(=O)c2ccc(C)cc2)cc1. The molecule has 4 nitrogen and oxygen atoms in total. The van der Waals surface area contributed by atoms with Crippen molar-refractivity contribution in [3.63, 3.8) is 0 Å². The van der Waals surface area contributed by atoms with Crippen molar-refractivity contribution in [2.45, 2.75) is 18.7 Å². The summed E-state index contributed by atoms with van der Waals surface area (Å²) in [5.74, 6) is 0. The molecule has 104 valence electrons. The second-order valence-electron chi connectivity index (χ2n) is 4.58. The predicted molar refractivity (Wildman–Crippen MR) is 80.3 cm³/mol. The number of nitrogens with zero attached hydrogens (tertiary/aromatic N) is 1. The molecule has 0 amide bonds. The summed E-state index contributed by atoms with van der Waals surface area (Å²) in [6.07, 6.45) is 1.48. The van der Waals surface area contributed by atoms with E-state index in [1.54, 1.807) is 24.3 Å². The molecule has 5 heteroatoms. The van der Waals surface area contributed by atoms with E-state index in [1.165, 1.54) is 6.21 Å². The molecule has 2 aromatic rings. The number of benzene rings is 2. The fraction of sp³-hybridized carbons (Fsp3) is 0.133. The van der Waals surface area contributed by atoms with Crippen LogP contribution in [0.25, 0.3) is 0 Å². The number of hydrogen-bond donors (Lipinski definition) is 1. The second kappa shape index (κ2) is 5.88. The van der Waals surface area contributed by atoms with Crippen LogP contribution in [-0.2, 0) is 10.0 Å². The maximum Gasteiger partial charge on any atom is 0.276 e. The molecule has 0 bridgehead atoms. The van der Waals surface area contributed by atoms with Gasteiger partial charge in [-0.25, -0.2) is 4.83 Å². The Balaban J connectivity index is 2.09. The lowest BCUT2D eigenvalue weighted by molar-refractivity contribution is 0.584. The average molecular weight is 288 g/mol. The van der Waals surface area contributed by atoms with Crippen LogP contribution in [0.5, 0.6) is 0 Å². The molecule has 0 heterocycles. The number of hydrogen-bond acceptors (Lipinski definition) is 3. The molecule has 0 unspecified atom stereocenters. The van der Waals surface area contributed by atoms with E-state index >= 15 is 0 Å². The van der Waals surface area contributed by atoms with Gasteiger partial charge in [-0.15, -0.1) is 0 Å². The van der Waals surface area contributed by atoms with E-state index in [-0.39, 0.29) is 4.90 Å². The summed E-state index contributed by atoms with van der Waals surface area (Å²) in [6, 6.07) is 14.2. The third-order valence-electron chi connectivity index (χ3n) is 2.80. The molecule has 0 aromatic heterocycles. The molecule has 0 aliphatic heterocycles. The first-order valence-electron chi connectivity index (χ1n) is 6.15. The van der Waals surface area contributed by atoms with Crippen LogP contribution in [0.3, 0.4) is 0 Å². The Morgan fingerprint density at radius 3 is 1.95 bits per heavy atom. The van der Waals surface area contributed by atoms with Crippen LogP contribution in [0, 0.1) is 13.8 Å². The molecule has 2 aromatic carbocycles. The quantitative estimate of drug-likeness (QED) is 0.694. The third kappa shape index (κ3) is 3.68. The van der Waals surface area contributed by atoms with Gasteiger partial charge in [0, 0.05) is 0 Å². The molecular formula is C15H16N2O2S. The van der Waals surface area contributed by atoms with Gasteiger partial charge in [0.15, 0.2) is 0 Å². The standard InChI is InChI=1S/C15H16N2O2S/c1-12-3-7-14(8-4-12)11-16-17-20(18,19)15-9-5-13(2)6-10-15/h3-11,17H,1-2H3/b16-11-. The maximum atomic E-state index is 12.0. The monoisotopic (exact) mass is 288 g/mol. The summed E-state index contributed by atoms with van der Waals surface area (Å²) in [6.45, 7) is 3.89. The summed E-state index contributed by atoms with van der Waals surface area (Å²) in [5, 5.41) is 3.78. The zero-order chi connectivity index (χ0) is 14.6. The van der Waals surface area contributed by atoms with Crippen LogP contribution in [-0.4, -0.2) is 14.6 Å². The first-order valence-corrected chi connectivity index (χ1v) is 7.64. The van der Waals surface area contributed by atoms with Gasteiger partial charge < -0.3 is 0 Å². The number of sulfonamides is 1. The molecule has 2 rings (SSSR count). The van der Waals surface area contributed by atoms with Crippen molar-refractivity contribution in [2.24, 2.45) is 5.10 Å². The number of aryl methyl sites for hydroxylation is 2. The summed E-state index contributed by atoms with van der Waals surface area (Å²) in [7, 11) is -3.60. The van der Waals surface area contributed by atoms with Gasteiger partial charge in [-0.05, 0) is 31.5 Å². The first kappa shape index (κ1) is 14.3. The van der Waals surface area contributed by atoms with E-state index in [1.807, 2.05) is 38.1 Å². The van der Waals surface area contributed by atoms with E-state index in [4.69, 9.17) is 0 Å². The van der Waals surface area contributed by atoms with Crippen molar-refractivity contribution in [1.82, 2.24) is 4.83 Å². The van der Waals surface area contributed by atoms with Crippen molar-refractivity contribution >= 4 is 16.2 Å². The molecule has 0 aliphatic rings. The van der Waals surface area contributed by atoms with E-state index in [9.17, 15) is 8.42 Å². The molecule has 0 atom stereocenters. The van der Waals surface area contributed by atoms with Crippen molar-refractivity contribution in [3.05, 3.63) is 65.2 Å². The van der Waals surface area contributed by atoms with Crippen molar-refractivity contribution in [2.75, 3.05) is 0 Å². The summed E-state index contributed by atoms with van der Waals surface area (Å²) < 4.78 is 23.9. The molecule has 0 saturated carbocycles. The van der Waals surface area contributed by atoms with Gasteiger partial charge in [-0.1, -0.05) is 47.5 Å². The molecule has 0 fully saturated rings. The van der Waals surface area contributed by atoms with Gasteiger partial charge in [-0.3, -0.25) is 0 Å². The Kier molecular flexibility index (Phi) is 4.20. The van der Waals surface area contributed by atoms with Gasteiger partial charge in [0.2, 0.25) is 0 Å². The summed E-state index contributed by atoms with van der Waals surface area (Å²) in [5.41, 5.74) is 2.98. The van der Waals surface area contributed by atoms with Gasteiger partial charge in [0.1, 0.15) is 0 Å². The van der Waals surface area contributed by atoms with E-state index in [0.717, 1.165) is 16.7 Å². The molecule has 0 spiro atoms. The highest BCUT2D eigenvalue weighted by Crippen LogP contribution is 2.09. The highest BCUT2D eigenvalue weighted by Gasteiger charge is 2.11. The highest BCUT2D eigenvalue weighted by atomic mass is 32.2. The minimum absolute atomic E-state index is 0.198. The molecule has 0 aliphatic carbocycles. The minimum atomic E-state index is -3.60. The Labute approximate surface area is 119 Å². The van der Waals surface area contributed by atoms with Crippen molar-refractivity contribution in [1.29, 1.82) is 0 Å². The second-order valence-corrected chi connectivity index (χ2v) is 6.24. The lowest BCUT2D eigenvalue weighted by atomic mass is 10.2. The minimum Gasteiger partial charge on any atom is -0.200 e. The highest BCUT2D eigenvalue weighted by molar-refractivity contribution is 7.89. The van der Waals surface area contributed by atoms with Crippen LogP contribution in [0.15, 0.2) is 58.5 Å². The summed E-state index contributed by atoms with van der Waals surface area (Å²) >= 11 is 0. The van der Waals surface area contributed by atoms with Gasteiger partial charge in [0.05, 0.1) is 11.1 Å². The predicted octanol–water partition coefficient (Wildman–Crippen LogP) is 2.62. The third-order valence-corrected chi connectivity index (χ3v) is 4.03. The number of nitrogens with one attached hydrogen (secondary N) is 1. The van der Waals surface area contributed by atoms with Crippen LogP contribution < -0.4 is 4.83 Å². The normalized spacial score (nSPS) is 11.7. The maximum absolute atomic E-state index is 12.0. The van der Waals surface area contributed by atoms with Crippen molar-refractivity contribution < 1.29 is 8.42 Å². The largest absolute Gasteiger partial charge is 0.276 e. The zero-order valence-electron chi connectivity index (χ0n) is 11.4. The molecule has 20 heavy (non-hydrogen) atoms. The Morgan fingerprint density at radius 1 is 0.900 bits per heavy atom. The number of hydrazone groups is 1. The van der Waals surface area contributed by atoms with Gasteiger partial charge in [0.25, 0.3) is 10.0 Å². The van der Waals surface area contributed by atoms with E-state index in [2.05, 4.69) is 9.93 Å². The lowest BCUT2D eigenvalue weighted by Gasteiger charge is -2.03. The van der Waals surface area contributed by atoms with Crippen LogP contribution in [0.2, 0.25) is 0 Å². The molecule has 1 N–H and O–H groups in total. The van der Waals surface area contributed by atoms with E-state index in [0.29, 0.717) is 0 Å². The lowest BCUT2D eigenvalue weighted by Crippen LogP contribution is -2.18. The first-order chi connectivity index (χ1) is 9.47. The molecule has 0 radical (unpaired) electrons. The Morgan fingerprint density at radius 2 is 1.40 bits per heavy atom. The Hall–Kier alpha value is -2.14.